The predicted molar refractivity (Wildman–Crippen MR) is 112 cm³/mol. The highest BCUT2D eigenvalue weighted by Crippen LogP contribution is 2.29. The molecule has 8 nitrogen and oxygen atoms in total. The van der Waals surface area contributed by atoms with Crippen LogP contribution < -0.4 is 20.1 Å². The standard InChI is InChI=1S/C19H21ClN2O6S/c1-12(19(24)22-16-10-15(27-2)8-9-17(16)28-3)29(25,26)11-18(23)21-14-6-4-13(20)5-7-14/h4-10,12H,11H2,1-3H3,(H,21,23)(H,22,24). The minimum atomic E-state index is -4.06. The monoisotopic (exact) mass is 440 g/mol. The van der Waals surface area contributed by atoms with E-state index in [-0.39, 0.29) is 5.69 Å². The molecule has 0 heterocycles. The summed E-state index contributed by atoms with van der Waals surface area (Å²) in [4.78, 5) is 24.6. The zero-order valence-corrected chi connectivity index (χ0v) is 17.6. The van der Waals surface area contributed by atoms with Crippen LogP contribution in [0.3, 0.4) is 0 Å². The smallest absolute Gasteiger partial charge is 0.242 e. The Kier molecular flexibility index (Phi) is 7.46. The zero-order valence-electron chi connectivity index (χ0n) is 16.1. The number of amides is 2. The Morgan fingerprint density at radius 2 is 1.69 bits per heavy atom. The van der Waals surface area contributed by atoms with Gasteiger partial charge in [-0.3, -0.25) is 9.59 Å². The van der Waals surface area contributed by atoms with E-state index in [9.17, 15) is 18.0 Å². The molecule has 0 aliphatic heterocycles. The summed E-state index contributed by atoms with van der Waals surface area (Å²) in [7, 11) is -1.19. The Labute approximate surface area is 174 Å². The van der Waals surface area contributed by atoms with Crippen LogP contribution in [0.5, 0.6) is 11.5 Å². The number of rotatable bonds is 8. The second-order valence-corrected chi connectivity index (χ2v) is 8.82. The van der Waals surface area contributed by atoms with Crippen molar-refractivity contribution in [3.8, 4) is 11.5 Å². The van der Waals surface area contributed by atoms with Crippen LogP contribution in [0.2, 0.25) is 5.02 Å². The number of nitrogens with one attached hydrogen (secondary N) is 2. The summed E-state index contributed by atoms with van der Waals surface area (Å²) in [5, 5.41) is 3.98. The Bertz CT molecular complexity index is 992. The fourth-order valence-corrected chi connectivity index (χ4v) is 3.55. The first-order valence-electron chi connectivity index (χ1n) is 8.46. The molecule has 0 spiro atoms. The molecule has 2 rings (SSSR count). The van der Waals surface area contributed by atoms with Crippen LogP contribution in [0.1, 0.15) is 6.92 Å². The number of hydrogen-bond acceptors (Lipinski definition) is 6. The van der Waals surface area contributed by atoms with E-state index in [1.54, 1.807) is 24.3 Å². The van der Waals surface area contributed by atoms with Crippen molar-refractivity contribution in [1.82, 2.24) is 0 Å². The third kappa shape index (κ3) is 6.10. The van der Waals surface area contributed by atoms with E-state index >= 15 is 0 Å². The Hall–Kier alpha value is -2.78. The molecule has 2 amide bonds. The van der Waals surface area contributed by atoms with Gasteiger partial charge in [-0.1, -0.05) is 11.6 Å². The normalized spacial score (nSPS) is 12.0. The van der Waals surface area contributed by atoms with Crippen LogP contribution in [0.15, 0.2) is 42.5 Å². The van der Waals surface area contributed by atoms with Crippen molar-refractivity contribution in [3.63, 3.8) is 0 Å². The molecular weight excluding hydrogens is 420 g/mol. The summed E-state index contributed by atoms with van der Waals surface area (Å²) in [6.07, 6.45) is 0. The Morgan fingerprint density at radius 3 is 2.28 bits per heavy atom. The van der Waals surface area contributed by atoms with Gasteiger partial charge in [-0.25, -0.2) is 8.42 Å². The summed E-state index contributed by atoms with van der Waals surface area (Å²) in [5.41, 5.74) is 0.650. The number of methoxy groups -OCH3 is 2. The maximum atomic E-state index is 12.5. The molecule has 0 bridgehead atoms. The van der Waals surface area contributed by atoms with Gasteiger partial charge in [0.15, 0.2) is 9.84 Å². The lowest BCUT2D eigenvalue weighted by Crippen LogP contribution is -2.37. The summed E-state index contributed by atoms with van der Waals surface area (Å²) in [5.74, 6) is -1.61. The van der Waals surface area contributed by atoms with Crippen molar-refractivity contribution < 1.29 is 27.5 Å². The average Bonchev–Trinajstić information content (AvgIpc) is 2.68. The first kappa shape index (κ1) is 22.5. The summed E-state index contributed by atoms with van der Waals surface area (Å²) in [6, 6.07) is 10.9. The number of hydrogen-bond donors (Lipinski definition) is 2. The molecule has 0 saturated carbocycles. The number of carbonyl (C=O) groups is 2. The van der Waals surface area contributed by atoms with Crippen molar-refractivity contribution in [1.29, 1.82) is 0 Å². The van der Waals surface area contributed by atoms with Crippen LogP contribution in [-0.4, -0.2) is 45.5 Å². The van der Waals surface area contributed by atoms with Gasteiger partial charge in [0.1, 0.15) is 22.5 Å². The quantitative estimate of drug-likeness (QED) is 0.653. The van der Waals surface area contributed by atoms with Gasteiger partial charge in [-0.15, -0.1) is 0 Å². The molecule has 1 atom stereocenters. The molecular formula is C19H21ClN2O6S. The number of carbonyl (C=O) groups excluding carboxylic acids is 2. The first-order valence-corrected chi connectivity index (χ1v) is 10.6. The van der Waals surface area contributed by atoms with Gasteiger partial charge >= 0.3 is 0 Å². The highest BCUT2D eigenvalue weighted by atomic mass is 35.5. The molecule has 29 heavy (non-hydrogen) atoms. The van der Waals surface area contributed by atoms with Crippen molar-refractivity contribution >= 4 is 44.6 Å². The lowest BCUT2D eigenvalue weighted by atomic mass is 10.2. The van der Waals surface area contributed by atoms with E-state index in [1.165, 1.54) is 39.3 Å². The molecule has 10 heteroatoms. The van der Waals surface area contributed by atoms with Crippen molar-refractivity contribution in [3.05, 3.63) is 47.5 Å². The van der Waals surface area contributed by atoms with E-state index in [2.05, 4.69) is 10.6 Å². The van der Waals surface area contributed by atoms with Crippen molar-refractivity contribution in [2.24, 2.45) is 0 Å². The largest absolute Gasteiger partial charge is 0.497 e. The van der Waals surface area contributed by atoms with E-state index in [4.69, 9.17) is 21.1 Å². The van der Waals surface area contributed by atoms with Gasteiger partial charge < -0.3 is 20.1 Å². The maximum absolute atomic E-state index is 12.5. The minimum absolute atomic E-state index is 0.254. The third-order valence-electron chi connectivity index (χ3n) is 4.03. The van der Waals surface area contributed by atoms with Crippen LogP contribution >= 0.6 is 11.6 Å². The second-order valence-electron chi connectivity index (χ2n) is 6.06. The van der Waals surface area contributed by atoms with Crippen LogP contribution in [-0.2, 0) is 19.4 Å². The molecule has 2 N–H and O–H groups in total. The molecule has 2 aromatic rings. The highest BCUT2D eigenvalue weighted by Gasteiger charge is 2.31. The van der Waals surface area contributed by atoms with Gasteiger partial charge in [0.25, 0.3) is 0 Å². The van der Waals surface area contributed by atoms with Gasteiger partial charge in [-0.2, -0.15) is 0 Å². The number of halogens is 1. The zero-order chi connectivity index (χ0) is 21.6. The fraction of sp³-hybridized carbons (Fsp3) is 0.263. The highest BCUT2D eigenvalue weighted by molar-refractivity contribution is 7.93. The van der Waals surface area contributed by atoms with E-state index in [0.29, 0.717) is 22.2 Å². The molecule has 0 saturated heterocycles. The molecule has 2 aromatic carbocycles. The van der Waals surface area contributed by atoms with Crippen LogP contribution in [0.25, 0.3) is 0 Å². The van der Waals surface area contributed by atoms with Gasteiger partial charge in [0, 0.05) is 16.8 Å². The summed E-state index contributed by atoms with van der Waals surface area (Å²) < 4.78 is 35.2. The fourth-order valence-electron chi connectivity index (χ4n) is 2.35. The first-order chi connectivity index (χ1) is 13.7. The number of ether oxygens (including phenoxy) is 2. The lowest BCUT2D eigenvalue weighted by Gasteiger charge is -2.16. The Balaban J connectivity index is 2.07. The van der Waals surface area contributed by atoms with Gasteiger partial charge in [-0.05, 0) is 43.3 Å². The minimum Gasteiger partial charge on any atom is -0.497 e. The van der Waals surface area contributed by atoms with E-state index < -0.39 is 32.7 Å². The molecule has 0 aromatic heterocycles. The van der Waals surface area contributed by atoms with Crippen LogP contribution in [0, 0.1) is 0 Å². The molecule has 156 valence electrons. The maximum Gasteiger partial charge on any atom is 0.242 e. The molecule has 1 unspecified atom stereocenters. The van der Waals surface area contributed by atoms with E-state index in [0.717, 1.165) is 0 Å². The molecule has 0 aliphatic carbocycles. The number of sulfone groups is 1. The molecule has 0 fully saturated rings. The van der Waals surface area contributed by atoms with Crippen LogP contribution in [0.4, 0.5) is 11.4 Å². The van der Waals surface area contributed by atoms with Gasteiger partial charge in [0.2, 0.25) is 11.8 Å². The van der Waals surface area contributed by atoms with Gasteiger partial charge in [0.05, 0.1) is 19.9 Å². The van der Waals surface area contributed by atoms with Crippen molar-refractivity contribution in [2.45, 2.75) is 12.2 Å². The SMILES string of the molecule is COc1ccc(OC)c(NC(=O)C(C)S(=O)(=O)CC(=O)Nc2ccc(Cl)cc2)c1. The molecule has 0 aliphatic rings. The lowest BCUT2D eigenvalue weighted by molar-refractivity contribution is -0.115. The number of benzene rings is 2. The third-order valence-corrected chi connectivity index (χ3v) is 6.24. The van der Waals surface area contributed by atoms with E-state index in [1.807, 2.05) is 0 Å². The average molecular weight is 441 g/mol. The van der Waals surface area contributed by atoms with Crippen molar-refractivity contribution in [2.75, 3.05) is 30.6 Å². The summed E-state index contributed by atoms with van der Waals surface area (Å²) >= 11 is 5.77. The topological polar surface area (TPSA) is 111 Å². The molecule has 0 radical (unpaired) electrons. The number of anilines is 2. The second kappa shape index (κ2) is 9.62. The Morgan fingerprint density at radius 1 is 1.03 bits per heavy atom. The predicted octanol–water partition coefficient (Wildman–Crippen LogP) is 2.74. The summed E-state index contributed by atoms with van der Waals surface area (Å²) in [6.45, 7) is 1.22.